The summed E-state index contributed by atoms with van der Waals surface area (Å²) in [6, 6.07) is 32.8. The normalized spacial score (nSPS) is 9.33. The van der Waals surface area contributed by atoms with Gasteiger partial charge in [-0.05, 0) is 16.5 Å². The van der Waals surface area contributed by atoms with E-state index in [2.05, 4.69) is 76.2 Å². The first-order valence-corrected chi connectivity index (χ1v) is 8.07. The van der Waals surface area contributed by atoms with Gasteiger partial charge in [-0.2, -0.15) is 0 Å². The van der Waals surface area contributed by atoms with Crippen molar-refractivity contribution in [3.63, 3.8) is 0 Å². The summed E-state index contributed by atoms with van der Waals surface area (Å²) in [5.74, 6) is 0. The fourth-order valence-electron chi connectivity index (χ4n) is 1.65. The van der Waals surface area contributed by atoms with Gasteiger partial charge in [0.1, 0.15) is 0 Å². The molecule has 3 aromatic rings. The summed E-state index contributed by atoms with van der Waals surface area (Å²) < 4.78 is 0. The van der Waals surface area contributed by atoms with E-state index >= 15 is 0 Å². The van der Waals surface area contributed by atoms with Gasteiger partial charge in [0.15, 0.2) is 0 Å². The van der Waals surface area contributed by atoms with Crippen LogP contribution in [0.25, 0.3) is 11.1 Å². The molecule has 0 fully saturated rings. The molecule has 0 heterocycles. The average molecular weight is 321 g/mol. The van der Waals surface area contributed by atoms with E-state index in [1.807, 2.05) is 48.5 Å². The third-order valence-electron chi connectivity index (χ3n) is 2.55. The lowest BCUT2D eigenvalue weighted by atomic mass is 10.0. The molecule has 128 valence electrons. The minimum absolute atomic E-state index is 0. The molecule has 0 aromatic heterocycles. The minimum Gasteiger partial charge on any atom is -0.0776 e. The highest BCUT2D eigenvalue weighted by atomic mass is 14.0. The molecule has 0 unspecified atom stereocenters. The van der Waals surface area contributed by atoms with E-state index in [1.165, 1.54) is 11.1 Å². The molecular formula is C24H32. The maximum atomic E-state index is 2.19. The highest BCUT2D eigenvalue weighted by molar-refractivity contribution is 5.62. The number of hydrogen-bond acceptors (Lipinski definition) is 0. The first kappa shape index (κ1) is 21.7. The summed E-state index contributed by atoms with van der Waals surface area (Å²) in [5.41, 5.74) is 3.05. The van der Waals surface area contributed by atoms with Gasteiger partial charge >= 0.3 is 0 Å². The van der Waals surface area contributed by atoms with Crippen LogP contribution in [0.3, 0.4) is 0 Å². The monoisotopic (exact) mass is 320 g/mol. The average Bonchev–Trinajstić information content (AvgIpc) is 2.57. The zero-order valence-corrected chi connectivity index (χ0v) is 14.7. The standard InChI is InChI=1S/C12H10.C6H6.C5H12.CH4/c1-3-7-11(8-4-1)12-9-5-2-6-10-12;1-2-4-6-5-3-1;1-5(2,3)4;/h1-10H;1-6H;1-4H3;1H4. The molecular weight excluding hydrogens is 288 g/mol. The minimum atomic E-state index is 0. The Kier molecular flexibility index (Phi) is 10.9. The summed E-state index contributed by atoms with van der Waals surface area (Å²) in [5, 5.41) is 0. The molecule has 0 atom stereocenters. The maximum Gasteiger partial charge on any atom is -0.0184 e. The SMILES string of the molecule is C.CC(C)(C)C.c1ccc(-c2ccccc2)cc1.c1ccccc1. The molecule has 0 radical (unpaired) electrons. The Bertz CT molecular complexity index is 534. The third-order valence-corrected chi connectivity index (χ3v) is 2.55. The summed E-state index contributed by atoms with van der Waals surface area (Å²) in [4.78, 5) is 0. The Labute approximate surface area is 149 Å². The van der Waals surface area contributed by atoms with Crippen molar-refractivity contribution in [3.05, 3.63) is 97.1 Å². The second-order valence-electron chi connectivity index (χ2n) is 6.89. The smallest absolute Gasteiger partial charge is 0.0184 e. The van der Waals surface area contributed by atoms with Crippen molar-refractivity contribution in [1.29, 1.82) is 0 Å². The van der Waals surface area contributed by atoms with E-state index in [9.17, 15) is 0 Å². The summed E-state index contributed by atoms with van der Waals surface area (Å²) >= 11 is 0. The third kappa shape index (κ3) is 12.2. The Hall–Kier alpha value is -2.34. The predicted molar refractivity (Wildman–Crippen MR) is 110 cm³/mol. The summed E-state index contributed by atoms with van der Waals surface area (Å²) in [7, 11) is 0. The van der Waals surface area contributed by atoms with Crippen LogP contribution in [-0.4, -0.2) is 0 Å². The molecule has 0 spiro atoms. The van der Waals surface area contributed by atoms with E-state index in [1.54, 1.807) is 0 Å². The van der Waals surface area contributed by atoms with Crippen molar-refractivity contribution in [2.24, 2.45) is 5.41 Å². The second-order valence-corrected chi connectivity index (χ2v) is 6.89. The Morgan fingerprint density at radius 3 is 0.792 bits per heavy atom. The van der Waals surface area contributed by atoms with E-state index < -0.39 is 0 Å². The van der Waals surface area contributed by atoms with Crippen LogP contribution in [0.4, 0.5) is 0 Å². The largest absolute Gasteiger partial charge is 0.0776 e. The molecule has 24 heavy (non-hydrogen) atoms. The lowest BCUT2D eigenvalue weighted by Crippen LogP contribution is -1.93. The molecule has 0 aliphatic carbocycles. The van der Waals surface area contributed by atoms with Crippen LogP contribution in [0.1, 0.15) is 35.1 Å². The van der Waals surface area contributed by atoms with Gasteiger partial charge in [0, 0.05) is 0 Å². The second kappa shape index (κ2) is 12.1. The van der Waals surface area contributed by atoms with Crippen molar-refractivity contribution in [3.8, 4) is 11.1 Å². The van der Waals surface area contributed by atoms with Crippen LogP contribution in [0.15, 0.2) is 97.1 Å². The van der Waals surface area contributed by atoms with E-state index in [0.717, 1.165) is 0 Å². The molecule has 0 amide bonds. The number of rotatable bonds is 1. The molecule has 0 aliphatic rings. The van der Waals surface area contributed by atoms with Gasteiger partial charge in [0.2, 0.25) is 0 Å². The molecule has 0 bridgehead atoms. The number of benzene rings is 3. The summed E-state index contributed by atoms with van der Waals surface area (Å²) in [6.07, 6.45) is 0. The molecule has 0 heteroatoms. The van der Waals surface area contributed by atoms with Gasteiger partial charge in [-0.3, -0.25) is 0 Å². The fourth-order valence-corrected chi connectivity index (χ4v) is 1.65. The Morgan fingerprint density at radius 2 is 0.583 bits per heavy atom. The van der Waals surface area contributed by atoms with Crippen LogP contribution in [0.5, 0.6) is 0 Å². The van der Waals surface area contributed by atoms with Crippen LogP contribution in [0, 0.1) is 5.41 Å². The lowest BCUT2D eigenvalue weighted by Gasteiger charge is -2.05. The van der Waals surface area contributed by atoms with Crippen molar-refractivity contribution >= 4 is 0 Å². The molecule has 0 saturated carbocycles. The van der Waals surface area contributed by atoms with Crippen molar-refractivity contribution in [1.82, 2.24) is 0 Å². The van der Waals surface area contributed by atoms with Crippen molar-refractivity contribution < 1.29 is 0 Å². The molecule has 0 N–H and O–H groups in total. The Balaban J connectivity index is 0.000000374. The highest BCUT2D eigenvalue weighted by Gasteiger charge is 1.95. The zero-order valence-electron chi connectivity index (χ0n) is 14.7. The van der Waals surface area contributed by atoms with Gasteiger partial charge in [-0.15, -0.1) is 0 Å². The van der Waals surface area contributed by atoms with Crippen LogP contribution in [0.2, 0.25) is 0 Å². The molecule has 3 aromatic carbocycles. The van der Waals surface area contributed by atoms with Gasteiger partial charge in [-0.25, -0.2) is 0 Å². The number of hydrogen-bond donors (Lipinski definition) is 0. The first-order chi connectivity index (χ1) is 11.0. The first-order valence-electron chi connectivity index (χ1n) is 8.07. The topological polar surface area (TPSA) is 0 Å². The van der Waals surface area contributed by atoms with Crippen molar-refractivity contribution in [2.45, 2.75) is 35.1 Å². The van der Waals surface area contributed by atoms with Gasteiger partial charge in [0.25, 0.3) is 0 Å². The Morgan fingerprint density at radius 1 is 0.417 bits per heavy atom. The highest BCUT2D eigenvalue weighted by Crippen LogP contribution is 2.17. The quantitative estimate of drug-likeness (QED) is 0.430. The van der Waals surface area contributed by atoms with Gasteiger partial charge in [0.05, 0.1) is 0 Å². The zero-order chi connectivity index (χ0) is 17.0. The molecule has 0 aliphatic heterocycles. The van der Waals surface area contributed by atoms with E-state index in [4.69, 9.17) is 0 Å². The van der Waals surface area contributed by atoms with E-state index in [-0.39, 0.29) is 7.43 Å². The molecule has 0 nitrogen and oxygen atoms in total. The van der Waals surface area contributed by atoms with Crippen LogP contribution >= 0.6 is 0 Å². The van der Waals surface area contributed by atoms with Crippen LogP contribution in [-0.2, 0) is 0 Å². The van der Waals surface area contributed by atoms with Crippen LogP contribution < -0.4 is 0 Å². The lowest BCUT2D eigenvalue weighted by molar-refractivity contribution is 0.469. The van der Waals surface area contributed by atoms with Gasteiger partial charge < -0.3 is 0 Å². The van der Waals surface area contributed by atoms with E-state index in [0.29, 0.717) is 5.41 Å². The fraction of sp³-hybridized carbons (Fsp3) is 0.250. The molecule has 0 saturated heterocycles. The molecule has 3 rings (SSSR count). The maximum absolute atomic E-state index is 2.19. The van der Waals surface area contributed by atoms with Crippen molar-refractivity contribution in [2.75, 3.05) is 0 Å². The summed E-state index contributed by atoms with van der Waals surface area (Å²) in [6.45, 7) is 8.75. The predicted octanol–water partition coefficient (Wildman–Crippen LogP) is 7.73. The van der Waals surface area contributed by atoms with Gasteiger partial charge in [-0.1, -0.05) is 132 Å².